The molecule has 1 aromatic carbocycles. The molecule has 0 aliphatic rings. The van der Waals surface area contributed by atoms with Crippen molar-refractivity contribution in [3.8, 4) is 0 Å². The second kappa shape index (κ2) is 5.08. The van der Waals surface area contributed by atoms with Crippen molar-refractivity contribution >= 4 is 11.5 Å². The molecule has 21 heavy (non-hydrogen) atoms. The van der Waals surface area contributed by atoms with E-state index in [9.17, 15) is 8.78 Å². The van der Waals surface area contributed by atoms with Crippen molar-refractivity contribution < 1.29 is 8.78 Å². The highest BCUT2D eigenvalue weighted by Gasteiger charge is 2.09. The van der Waals surface area contributed by atoms with Gasteiger partial charge < -0.3 is 4.90 Å². The van der Waals surface area contributed by atoms with Gasteiger partial charge in [0.2, 0.25) is 0 Å². The summed E-state index contributed by atoms with van der Waals surface area (Å²) < 4.78 is 27.8. The summed E-state index contributed by atoms with van der Waals surface area (Å²) in [5, 5.41) is 12.3. The van der Waals surface area contributed by atoms with Gasteiger partial charge >= 0.3 is 0 Å². The molecule has 0 saturated carbocycles. The number of nitrogens with zero attached hydrogens (tertiary/aromatic N) is 5. The number of aromatic nitrogens is 4. The molecule has 0 aliphatic heterocycles. The maximum absolute atomic E-state index is 13.2. The molecular weight excluding hydrogens is 276 g/mol. The number of hydrogen-bond acceptors (Lipinski definition) is 4. The Bertz CT molecular complexity index is 799. The number of hydrogen-bond donors (Lipinski definition) is 0. The molecule has 7 heteroatoms. The van der Waals surface area contributed by atoms with Gasteiger partial charge in [0, 0.05) is 13.6 Å². The van der Waals surface area contributed by atoms with Crippen LogP contribution < -0.4 is 4.90 Å². The maximum Gasteiger partial charge on any atom is 0.178 e. The molecule has 0 unspecified atom stereocenters. The maximum atomic E-state index is 13.2. The largest absolute Gasteiger partial charge is 0.354 e. The molecule has 0 amide bonds. The second-order valence-electron chi connectivity index (χ2n) is 4.81. The van der Waals surface area contributed by atoms with Gasteiger partial charge in [0.15, 0.2) is 23.1 Å². The highest BCUT2D eigenvalue weighted by atomic mass is 19.2. The highest BCUT2D eigenvalue weighted by Crippen LogP contribution is 2.15. The Hall–Kier alpha value is -2.57. The van der Waals surface area contributed by atoms with Gasteiger partial charge in [-0.15, -0.1) is 15.3 Å². The predicted molar refractivity (Wildman–Crippen MR) is 74.0 cm³/mol. The molecule has 0 atom stereocenters. The molecule has 2 aromatic heterocycles. The van der Waals surface area contributed by atoms with Gasteiger partial charge in [-0.05, 0) is 36.8 Å². The summed E-state index contributed by atoms with van der Waals surface area (Å²) in [6, 6.07) is 7.48. The Balaban J connectivity index is 1.87. The molecular formula is C14H13F2N5. The monoisotopic (exact) mass is 289 g/mol. The standard InChI is InChI=1S/C14H13F2N5/c1-9-17-18-13-5-6-14(19-21(9)13)20(2)8-10-3-4-11(15)12(16)7-10/h3-7H,8H2,1-2H3. The molecule has 108 valence electrons. The first-order valence-corrected chi connectivity index (χ1v) is 6.39. The Labute approximate surface area is 119 Å². The predicted octanol–water partition coefficient (Wildman–Crippen LogP) is 2.35. The van der Waals surface area contributed by atoms with Crippen LogP contribution >= 0.6 is 0 Å². The summed E-state index contributed by atoms with van der Waals surface area (Å²) >= 11 is 0. The number of fused-ring (bicyclic) bond motifs is 1. The van der Waals surface area contributed by atoms with E-state index in [2.05, 4.69) is 15.3 Å². The van der Waals surface area contributed by atoms with E-state index >= 15 is 0 Å². The fraction of sp³-hybridized carbons (Fsp3) is 0.214. The van der Waals surface area contributed by atoms with Crippen LogP contribution in [0.1, 0.15) is 11.4 Å². The summed E-state index contributed by atoms with van der Waals surface area (Å²) in [5.74, 6) is -0.316. The van der Waals surface area contributed by atoms with Crippen LogP contribution in [0.25, 0.3) is 5.65 Å². The molecule has 0 spiro atoms. The number of benzene rings is 1. The highest BCUT2D eigenvalue weighted by molar-refractivity contribution is 5.45. The first-order valence-electron chi connectivity index (χ1n) is 6.39. The lowest BCUT2D eigenvalue weighted by Crippen LogP contribution is -2.19. The van der Waals surface area contributed by atoms with Crippen LogP contribution in [0, 0.1) is 18.6 Å². The van der Waals surface area contributed by atoms with E-state index in [4.69, 9.17) is 0 Å². The first kappa shape index (κ1) is 13.4. The third-order valence-electron chi connectivity index (χ3n) is 3.20. The van der Waals surface area contributed by atoms with Crippen molar-refractivity contribution in [2.24, 2.45) is 0 Å². The molecule has 3 rings (SSSR count). The van der Waals surface area contributed by atoms with Gasteiger partial charge in [0.05, 0.1) is 0 Å². The van der Waals surface area contributed by atoms with E-state index in [1.165, 1.54) is 6.07 Å². The molecule has 0 fully saturated rings. The van der Waals surface area contributed by atoms with Gasteiger partial charge in [-0.3, -0.25) is 0 Å². The Morgan fingerprint density at radius 1 is 1.10 bits per heavy atom. The third-order valence-corrected chi connectivity index (χ3v) is 3.20. The van der Waals surface area contributed by atoms with E-state index in [0.29, 0.717) is 29.4 Å². The molecule has 0 radical (unpaired) electrons. The van der Waals surface area contributed by atoms with Crippen molar-refractivity contribution in [1.82, 2.24) is 19.8 Å². The molecule has 0 aliphatic carbocycles. The van der Waals surface area contributed by atoms with Crippen LogP contribution in [0.5, 0.6) is 0 Å². The summed E-state index contributed by atoms with van der Waals surface area (Å²) in [6.07, 6.45) is 0. The second-order valence-corrected chi connectivity index (χ2v) is 4.81. The third kappa shape index (κ3) is 2.54. The van der Waals surface area contributed by atoms with Gasteiger partial charge in [0.25, 0.3) is 0 Å². The molecule has 0 bridgehead atoms. The van der Waals surface area contributed by atoms with Crippen LogP contribution in [0.2, 0.25) is 0 Å². The van der Waals surface area contributed by atoms with Crippen molar-refractivity contribution in [2.75, 3.05) is 11.9 Å². The lowest BCUT2D eigenvalue weighted by molar-refractivity contribution is 0.507. The molecule has 5 nitrogen and oxygen atoms in total. The number of aryl methyl sites for hydroxylation is 1. The number of rotatable bonds is 3. The summed E-state index contributed by atoms with van der Waals surface area (Å²) in [7, 11) is 1.83. The van der Waals surface area contributed by atoms with Gasteiger partial charge in [-0.25, -0.2) is 8.78 Å². The lowest BCUT2D eigenvalue weighted by atomic mass is 10.2. The summed E-state index contributed by atoms with van der Waals surface area (Å²) in [4.78, 5) is 1.84. The van der Waals surface area contributed by atoms with Crippen molar-refractivity contribution in [3.05, 3.63) is 53.4 Å². The molecule has 2 heterocycles. The minimum Gasteiger partial charge on any atom is -0.354 e. The molecule has 3 aromatic rings. The minimum atomic E-state index is -0.848. The minimum absolute atomic E-state index is 0.414. The summed E-state index contributed by atoms with van der Waals surface area (Å²) in [5.41, 5.74) is 1.33. The zero-order valence-corrected chi connectivity index (χ0v) is 11.6. The van der Waals surface area contributed by atoms with Gasteiger partial charge in [0.1, 0.15) is 5.82 Å². The van der Waals surface area contributed by atoms with Crippen LogP contribution in [0.4, 0.5) is 14.6 Å². The normalized spacial score (nSPS) is 11.0. The zero-order chi connectivity index (χ0) is 15.0. The summed E-state index contributed by atoms with van der Waals surface area (Å²) in [6.45, 7) is 2.23. The molecule has 0 N–H and O–H groups in total. The lowest BCUT2D eigenvalue weighted by Gasteiger charge is -2.18. The van der Waals surface area contributed by atoms with E-state index < -0.39 is 11.6 Å². The van der Waals surface area contributed by atoms with Gasteiger partial charge in [-0.2, -0.15) is 4.52 Å². The van der Waals surface area contributed by atoms with E-state index in [1.807, 2.05) is 31.0 Å². The van der Waals surface area contributed by atoms with Crippen molar-refractivity contribution in [2.45, 2.75) is 13.5 Å². The van der Waals surface area contributed by atoms with Crippen molar-refractivity contribution in [1.29, 1.82) is 0 Å². The van der Waals surface area contributed by atoms with Crippen LogP contribution in [-0.2, 0) is 6.54 Å². The van der Waals surface area contributed by atoms with E-state index in [1.54, 1.807) is 10.6 Å². The molecule has 0 saturated heterocycles. The average Bonchev–Trinajstić information content (AvgIpc) is 2.84. The van der Waals surface area contributed by atoms with Gasteiger partial charge in [-0.1, -0.05) is 6.07 Å². The quantitative estimate of drug-likeness (QED) is 0.742. The number of anilines is 1. The average molecular weight is 289 g/mol. The van der Waals surface area contributed by atoms with E-state index in [-0.39, 0.29) is 0 Å². The first-order chi connectivity index (χ1) is 10.0. The fourth-order valence-electron chi connectivity index (χ4n) is 2.08. The van der Waals surface area contributed by atoms with Crippen LogP contribution in [-0.4, -0.2) is 26.9 Å². The van der Waals surface area contributed by atoms with Crippen molar-refractivity contribution in [3.63, 3.8) is 0 Å². The Morgan fingerprint density at radius 2 is 1.90 bits per heavy atom. The van der Waals surface area contributed by atoms with Crippen LogP contribution in [0.3, 0.4) is 0 Å². The number of halogens is 2. The Kier molecular flexibility index (Phi) is 3.25. The topological polar surface area (TPSA) is 46.3 Å². The smallest absolute Gasteiger partial charge is 0.178 e. The van der Waals surface area contributed by atoms with E-state index in [0.717, 1.165) is 6.07 Å². The SMILES string of the molecule is Cc1nnc2ccc(N(C)Cc3ccc(F)c(F)c3)nn12. The fourth-order valence-corrected chi connectivity index (χ4v) is 2.08. The zero-order valence-electron chi connectivity index (χ0n) is 11.6. The van der Waals surface area contributed by atoms with Crippen LogP contribution in [0.15, 0.2) is 30.3 Å². The Morgan fingerprint density at radius 3 is 2.67 bits per heavy atom.